The summed E-state index contributed by atoms with van der Waals surface area (Å²) in [5.41, 5.74) is 0. The number of allylic oxidation sites excluding steroid dienone is 2. The van der Waals surface area contributed by atoms with Gasteiger partial charge in [0.2, 0.25) is 0 Å². The molecule has 0 aromatic rings. The molecule has 106 valence electrons. The van der Waals surface area contributed by atoms with E-state index >= 15 is 0 Å². The van der Waals surface area contributed by atoms with Gasteiger partial charge in [-0.25, -0.2) is 0 Å². The zero-order valence-corrected chi connectivity index (χ0v) is 11.1. The van der Waals surface area contributed by atoms with Gasteiger partial charge in [0.05, 0.1) is 0 Å². The first-order chi connectivity index (χ1) is 8.80. The minimum Gasteiger partial charge on any atom is -0.281 e. The third kappa shape index (κ3) is 1.37. The first-order valence-electron chi connectivity index (χ1n) is 6.84. The summed E-state index contributed by atoms with van der Waals surface area (Å²) in [6.45, 7) is 0. The number of fused-ring (bicyclic) bond motifs is 9. The van der Waals surface area contributed by atoms with Crippen LogP contribution in [0.5, 0.6) is 0 Å². The molecule has 4 aliphatic carbocycles. The maximum absolute atomic E-state index is 13.9. The van der Waals surface area contributed by atoms with E-state index in [1.165, 1.54) is 0 Å². The highest BCUT2D eigenvalue weighted by atomic mass is 32.2. The van der Waals surface area contributed by atoms with Crippen molar-refractivity contribution in [2.45, 2.75) is 24.5 Å². The lowest BCUT2D eigenvalue weighted by atomic mass is 9.69. The maximum Gasteiger partial charge on any atom is 0.372 e. The fourth-order valence-electron chi connectivity index (χ4n) is 5.59. The summed E-state index contributed by atoms with van der Waals surface area (Å²) in [5.74, 6) is 0.344. The Morgan fingerprint density at radius 2 is 1.68 bits per heavy atom. The molecule has 3 nitrogen and oxygen atoms in total. The van der Waals surface area contributed by atoms with Crippen LogP contribution in [-0.4, -0.2) is 18.2 Å². The van der Waals surface area contributed by atoms with E-state index in [4.69, 9.17) is 4.55 Å². The summed E-state index contributed by atoms with van der Waals surface area (Å²) in [4.78, 5) is 0. The molecule has 19 heavy (non-hydrogen) atoms. The largest absolute Gasteiger partial charge is 0.372 e. The smallest absolute Gasteiger partial charge is 0.281 e. The first-order valence-corrected chi connectivity index (χ1v) is 8.28. The van der Waals surface area contributed by atoms with Crippen LogP contribution in [0, 0.1) is 41.4 Å². The molecule has 0 aromatic carbocycles. The summed E-state index contributed by atoms with van der Waals surface area (Å²) >= 11 is 0. The zero-order chi connectivity index (χ0) is 13.6. The third-order valence-corrected chi connectivity index (χ3v) is 7.04. The molecule has 0 radical (unpaired) electrons. The van der Waals surface area contributed by atoms with Gasteiger partial charge in [-0.3, -0.25) is 4.55 Å². The van der Waals surface area contributed by atoms with Crippen molar-refractivity contribution in [3.63, 3.8) is 0 Å². The molecule has 0 heterocycles. The van der Waals surface area contributed by atoms with Gasteiger partial charge in [0, 0.05) is 5.92 Å². The lowest BCUT2D eigenvalue weighted by molar-refractivity contribution is -0.0319. The van der Waals surface area contributed by atoms with Gasteiger partial charge in [-0.1, -0.05) is 12.2 Å². The number of halogens is 2. The second-order valence-corrected chi connectivity index (χ2v) is 8.14. The van der Waals surface area contributed by atoms with Crippen LogP contribution < -0.4 is 0 Å². The SMILES string of the molecule is O=S(=O)(O)C(F)(F)C1CC2CC1C1C3C=CC(C3)C21. The van der Waals surface area contributed by atoms with Gasteiger partial charge < -0.3 is 0 Å². The molecule has 0 aliphatic heterocycles. The van der Waals surface area contributed by atoms with Gasteiger partial charge in [-0.05, 0) is 54.8 Å². The minimum atomic E-state index is -5.30. The molecule has 0 spiro atoms. The summed E-state index contributed by atoms with van der Waals surface area (Å²) in [5, 5.41) is -3.98. The van der Waals surface area contributed by atoms with Crippen LogP contribution in [0.1, 0.15) is 19.3 Å². The fourth-order valence-corrected chi connectivity index (χ4v) is 6.25. The Labute approximate surface area is 110 Å². The molecule has 4 aliphatic rings. The van der Waals surface area contributed by atoms with Crippen LogP contribution in [0.4, 0.5) is 8.78 Å². The van der Waals surface area contributed by atoms with E-state index in [9.17, 15) is 17.2 Å². The first kappa shape index (κ1) is 12.3. The average molecular weight is 290 g/mol. The minimum absolute atomic E-state index is 0.214. The molecule has 3 saturated carbocycles. The van der Waals surface area contributed by atoms with E-state index in [0.29, 0.717) is 24.2 Å². The Bertz CT molecular complexity index is 556. The van der Waals surface area contributed by atoms with Crippen LogP contribution in [0.25, 0.3) is 0 Å². The predicted molar refractivity (Wildman–Crippen MR) is 63.9 cm³/mol. The van der Waals surface area contributed by atoms with Gasteiger partial charge in [0.1, 0.15) is 0 Å². The standard InChI is InChI=1S/C13H16F2O3S/c14-13(15,19(16,17)18)10-5-8-4-9(10)12-7-2-1-6(3-7)11(8)12/h1-2,6-12H,3-5H2,(H,16,17,18). The van der Waals surface area contributed by atoms with Crippen molar-refractivity contribution in [2.24, 2.45) is 41.4 Å². The monoisotopic (exact) mass is 290 g/mol. The third-order valence-electron chi connectivity index (χ3n) is 6.05. The number of rotatable bonds is 2. The van der Waals surface area contributed by atoms with Gasteiger partial charge in [0.25, 0.3) is 0 Å². The lowest BCUT2D eigenvalue weighted by Gasteiger charge is -2.38. The number of hydrogen-bond acceptors (Lipinski definition) is 2. The van der Waals surface area contributed by atoms with Crippen LogP contribution in [0.2, 0.25) is 0 Å². The van der Waals surface area contributed by atoms with Crippen molar-refractivity contribution < 1.29 is 21.8 Å². The van der Waals surface area contributed by atoms with Crippen LogP contribution in [-0.2, 0) is 10.1 Å². The van der Waals surface area contributed by atoms with Crippen molar-refractivity contribution >= 4 is 10.1 Å². The number of hydrogen-bond donors (Lipinski definition) is 1. The highest BCUT2D eigenvalue weighted by Crippen LogP contribution is 2.69. The summed E-state index contributed by atoms with van der Waals surface area (Å²) < 4.78 is 58.6. The lowest BCUT2D eigenvalue weighted by Crippen LogP contribution is -2.44. The second-order valence-electron chi connectivity index (χ2n) is 6.64. The Hall–Kier alpha value is -0.490. The summed E-state index contributed by atoms with van der Waals surface area (Å²) in [6, 6.07) is 0. The molecule has 7 atom stereocenters. The molecule has 0 aromatic heterocycles. The quantitative estimate of drug-likeness (QED) is 0.483. The molecule has 0 saturated heterocycles. The van der Waals surface area contributed by atoms with Gasteiger partial charge in [0.15, 0.2) is 0 Å². The van der Waals surface area contributed by atoms with Gasteiger partial charge >= 0.3 is 15.4 Å². The number of alkyl halides is 2. The Kier molecular flexibility index (Phi) is 2.19. The van der Waals surface area contributed by atoms with E-state index in [1.54, 1.807) is 0 Å². The molecule has 1 N–H and O–H groups in total. The Morgan fingerprint density at radius 3 is 2.32 bits per heavy atom. The van der Waals surface area contributed by atoms with E-state index in [2.05, 4.69) is 12.2 Å². The van der Waals surface area contributed by atoms with Crippen molar-refractivity contribution in [3.05, 3.63) is 12.2 Å². The second kappa shape index (κ2) is 3.39. The molecule has 4 bridgehead atoms. The van der Waals surface area contributed by atoms with Gasteiger partial charge in [-0.15, -0.1) is 0 Å². The Balaban J connectivity index is 1.69. The van der Waals surface area contributed by atoms with Crippen molar-refractivity contribution in [2.75, 3.05) is 0 Å². The normalized spacial score (nSPS) is 51.0. The summed E-state index contributed by atoms with van der Waals surface area (Å²) in [7, 11) is -5.30. The van der Waals surface area contributed by atoms with Crippen molar-refractivity contribution in [1.82, 2.24) is 0 Å². The average Bonchev–Trinajstić information content (AvgIpc) is 3.05. The van der Waals surface area contributed by atoms with E-state index < -0.39 is 21.3 Å². The fraction of sp³-hybridized carbons (Fsp3) is 0.846. The maximum atomic E-state index is 13.9. The van der Waals surface area contributed by atoms with Crippen molar-refractivity contribution in [3.8, 4) is 0 Å². The molecular weight excluding hydrogens is 274 g/mol. The highest BCUT2D eigenvalue weighted by Gasteiger charge is 2.68. The van der Waals surface area contributed by atoms with Crippen molar-refractivity contribution in [1.29, 1.82) is 0 Å². The van der Waals surface area contributed by atoms with E-state index in [1.807, 2.05) is 0 Å². The highest BCUT2D eigenvalue weighted by molar-refractivity contribution is 7.86. The van der Waals surface area contributed by atoms with E-state index in [-0.39, 0.29) is 24.2 Å². The zero-order valence-electron chi connectivity index (χ0n) is 10.2. The van der Waals surface area contributed by atoms with Crippen LogP contribution in [0.3, 0.4) is 0 Å². The molecule has 7 unspecified atom stereocenters. The summed E-state index contributed by atoms with van der Waals surface area (Å²) in [6.07, 6.45) is 6.33. The van der Waals surface area contributed by atoms with Crippen LogP contribution in [0.15, 0.2) is 12.2 Å². The van der Waals surface area contributed by atoms with Crippen LogP contribution >= 0.6 is 0 Å². The van der Waals surface area contributed by atoms with Gasteiger partial charge in [-0.2, -0.15) is 17.2 Å². The Morgan fingerprint density at radius 1 is 1.05 bits per heavy atom. The molecule has 6 heteroatoms. The molecule has 3 fully saturated rings. The topological polar surface area (TPSA) is 54.4 Å². The molecule has 0 amide bonds. The molecular formula is C13H16F2O3S. The molecule has 4 rings (SSSR count). The predicted octanol–water partition coefficient (Wildman–Crippen LogP) is 2.56. The van der Waals surface area contributed by atoms with E-state index in [0.717, 1.165) is 6.42 Å².